The van der Waals surface area contributed by atoms with Gasteiger partial charge in [-0.05, 0) is 24.6 Å². The zero-order valence-electron chi connectivity index (χ0n) is 13.0. The van der Waals surface area contributed by atoms with E-state index in [9.17, 15) is 4.79 Å². The molecule has 0 aliphatic carbocycles. The van der Waals surface area contributed by atoms with Gasteiger partial charge in [0.15, 0.2) is 11.5 Å². The van der Waals surface area contributed by atoms with E-state index in [1.165, 1.54) is 0 Å². The lowest BCUT2D eigenvalue weighted by atomic mass is 10.2. The van der Waals surface area contributed by atoms with Gasteiger partial charge in [-0.25, -0.2) is 9.78 Å². The van der Waals surface area contributed by atoms with Crippen molar-refractivity contribution in [1.82, 2.24) is 20.2 Å². The lowest BCUT2D eigenvalue weighted by Crippen LogP contribution is -2.42. The predicted octanol–water partition coefficient (Wildman–Crippen LogP) is 1.54. The number of imidazole rings is 1. The summed E-state index contributed by atoms with van der Waals surface area (Å²) in [6, 6.07) is 5.48. The third-order valence-electron chi connectivity index (χ3n) is 3.48. The number of carbonyl (C=O) groups is 1. The average molecular weight is 316 g/mol. The second-order valence-corrected chi connectivity index (χ2v) is 5.47. The van der Waals surface area contributed by atoms with Crippen LogP contribution in [-0.4, -0.2) is 34.8 Å². The SMILES string of the molecule is C[C@@H](Cn1ccnc1)NC(=O)NCc1ccc2c(c1)OCCO2. The van der Waals surface area contributed by atoms with E-state index in [-0.39, 0.29) is 12.1 Å². The minimum absolute atomic E-state index is 0.00414. The first-order valence-corrected chi connectivity index (χ1v) is 7.59. The van der Waals surface area contributed by atoms with Crippen molar-refractivity contribution in [2.24, 2.45) is 0 Å². The van der Waals surface area contributed by atoms with E-state index >= 15 is 0 Å². The minimum Gasteiger partial charge on any atom is -0.486 e. The Morgan fingerprint density at radius 3 is 2.96 bits per heavy atom. The normalized spacial score (nSPS) is 14.1. The van der Waals surface area contributed by atoms with Crippen molar-refractivity contribution < 1.29 is 14.3 Å². The number of hydrogen-bond donors (Lipinski definition) is 2. The molecule has 2 heterocycles. The number of benzene rings is 1. The van der Waals surface area contributed by atoms with Crippen LogP contribution in [0, 0.1) is 0 Å². The first-order valence-electron chi connectivity index (χ1n) is 7.59. The summed E-state index contributed by atoms with van der Waals surface area (Å²) in [5.41, 5.74) is 0.965. The summed E-state index contributed by atoms with van der Waals surface area (Å²) in [5.74, 6) is 1.47. The number of fused-ring (bicyclic) bond motifs is 1. The summed E-state index contributed by atoms with van der Waals surface area (Å²) in [7, 11) is 0. The van der Waals surface area contributed by atoms with Crippen molar-refractivity contribution in [2.45, 2.75) is 26.1 Å². The molecule has 0 fully saturated rings. The summed E-state index contributed by atoms with van der Waals surface area (Å²) < 4.78 is 12.9. The van der Waals surface area contributed by atoms with Gasteiger partial charge in [0.1, 0.15) is 13.2 Å². The number of hydrogen-bond acceptors (Lipinski definition) is 4. The molecule has 3 rings (SSSR count). The number of carbonyl (C=O) groups excluding carboxylic acids is 1. The summed E-state index contributed by atoms with van der Waals surface area (Å²) in [6.45, 7) is 4.18. The zero-order chi connectivity index (χ0) is 16.1. The quantitative estimate of drug-likeness (QED) is 0.877. The molecule has 23 heavy (non-hydrogen) atoms. The Kier molecular flexibility index (Phi) is 4.65. The number of amides is 2. The van der Waals surface area contributed by atoms with Gasteiger partial charge >= 0.3 is 6.03 Å². The molecule has 7 nitrogen and oxygen atoms in total. The Hall–Kier alpha value is -2.70. The molecule has 2 amide bonds. The van der Waals surface area contributed by atoms with E-state index in [1.54, 1.807) is 12.5 Å². The fourth-order valence-electron chi connectivity index (χ4n) is 2.41. The molecule has 1 aliphatic rings. The van der Waals surface area contributed by atoms with Gasteiger partial charge in [0.25, 0.3) is 0 Å². The van der Waals surface area contributed by atoms with E-state index in [1.807, 2.05) is 35.9 Å². The molecule has 1 aromatic carbocycles. The highest BCUT2D eigenvalue weighted by Gasteiger charge is 2.12. The maximum atomic E-state index is 11.9. The fraction of sp³-hybridized carbons (Fsp3) is 0.375. The van der Waals surface area contributed by atoms with E-state index in [2.05, 4.69) is 15.6 Å². The molecule has 0 saturated heterocycles. The first-order chi connectivity index (χ1) is 11.2. The monoisotopic (exact) mass is 316 g/mol. The van der Waals surface area contributed by atoms with Gasteiger partial charge in [-0.15, -0.1) is 0 Å². The molecule has 0 radical (unpaired) electrons. The number of rotatable bonds is 5. The third kappa shape index (κ3) is 4.15. The molecule has 7 heteroatoms. The highest BCUT2D eigenvalue weighted by Crippen LogP contribution is 2.30. The summed E-state index contributed by atoms with van der Waals surface area (Å²) >= 11 is 0. The number of nitrogens with one attached hydrogen (secondary N) is 2. The van der Waals surface area contributed by atoms with E-state index < -0.39 is 0 Å². The number of aromatic nitrogens is 2. The van der Waals surface area contributed by atoms with Gasteiger partial charge in [0.2, 0.25) is 0 Å². The van der Waals surface area contributed by atoms with E-state index in [4.69, 9.17) is 9.47 Å². The standard InChI is InChI=1S/C16H20N4O3/c1-12(10-20-5-4-17-11-20)19-16(21)18-9-13-2-3-14-15(8-13)23-7-6-22-14/h2-5,8,11-12H,6-7,9-10H2,1H3,(H2,18,19,21)/t12-/m0/s1. The van der Waals surface area contributed by atoms with E-state index in [0.717, 1.165) is 17.1 Å². The lowest BCUT2D eigenvalue weighted by molar-refractivity contribution is 0.171. The largest absolute Gasteiger partial charge is 0.486 e. The molecule has 122 valence electrons. The molecule has 0 saturated carbocycles. The van der Waals surface area contributed by atoms with Crippen LogP contribution in [0.2, 0.25) is 0 Å². The highest BCUT2D eigenvalue weighted by atomic mass is 16.6. The molecule has 2 N–H and O–H groups in total. The van der Waals surface area contributed by atoms with Crippen LogP contribution in [-0.2, 0) is 13.1 Å². The molecule has 2 aromatic rings. The van der Waals surface area contributed by atoms with Crippen LogP contribution < -0.4 is 20.1 Å². The molecule has 1 atom stereocenters. The van der Waals surface area contributed by atoms with Crippen LogP contribution in [0.3, 0.4) is 0 Å². The molecular formula is C16H20N4O3. The van der Waals surface area contributed by atoms with Crippen LogP contribution in [0.5, 0.6) is 11.5 Å². The van der Waals surface area contributed by atoms with E-state index in [0.29, 0.717) is 26.3 Å². The number of nitrogens with zero attached hydrogens (tertiary/aromatic N) is 2. The summed E-state index contributed by atoms with van der Waals surface area (Å²) in [5, 5.41) is 5.74. The Morgan fingerprint density at radius 1 is 1.35 bits per heavy atom. The van der Waals surface area contributed by atoms with Crippen LogP contribution in [0.4, 0.5) is 4.79 Å². The highest BCUT2D eigenvalue weighted by molar-refractivity contribution is 5.74. The third-order valence-corrected chi connectivity index (χ3v) is 3.48. The predicted molar refractivity (Wildman–Crippen MR) is 84.5 cm³/mol. The summed E-state index contributed by atoms with van der Waals surface area (Å²) in [4.78, 5) is 15.9. The molecule has 0 bridgehead atoms. The molecule has 0 unspecified atom stereocenters. The zero-order valence-corrected chi connectivity index (χ0v) is 13.0. The van der Waals surface area contributed by atoms with Crippen molar-refractivity contribution in [3.8, 4) is 11.5 Å². The Balaban J connectivity index is 1.47. The summed E-state index contributed by atoms with van der Waals surface area (Å²) in [6.07, 6.45) is 5.31. The Morgan fingerprint density at radius 2 is 2.17 bits per heavy atom. The molecular weight excluding hydrogens is 296 g/mol. The second kappa shape index (κ2) is 7.04. The smallest absolute Gasteiger partial charge is 0.315 e. The van der Waals surface area contributed by atoms with Gasteiger partial charge in [-0.1, -0.05) is 6.07 Å². The Labute approximate surface area is 134 Å². The first kappa shape index (κ1) is 15.2. The maximum Gasteiger partial charge on any atom is 0.315 e. The van der Waals surface area contributed by atoms with Crippen molar-refractivity contribution in [1.29, 1.82) is 0 Å². The molecule has 0 spiro atoms. The Bertz CT molecular complexity index is 657. The van der Waals surface area contributed by atoms with Crippen molar-refractivity contribution in [3.63, 3.8) is 0 Å². The van der Waals surface area contributed by atoms with Crippen molar-refractivity contribution in [2.75, 3.05) is 13.2 Å². The lowest BCUT2D eigenvalue weighted by Gasteiger charge is -2.19. The van der Waals surface area contributed by atoms with Gasteiger partial charge in [0, 0.05) is 31.5 Å². The minimum atomic E-state index is -0.201. The second-order valence-electron chi connectivity index (χ2n) is 5.47. The topological polar surface area (TPSA) is 77.4 Å². The van der Waals surface area contributed by atoms with Crippen LogP contribution in [0.15, 0.2) is 36.9 Å². The van der Waals surface area contributed by atoms with Crippen LogP contribution in [0.25, 0.3) is 0 Å². The van der Waals surface area contributed by atoms with Gasteiger partial charge in [0.05, 0.1) is 6.33 Å². The van der Waals surface area contributed by atoms with Crippen molar-refractivity contribution >= 4 is 6.03 Å². The van der Waals surface area contributed by atoms with Crippen LogP contribution in [0.1, 0.15) is 12.5 Å². The molecule has 1 aromatic heterocycles. The number of ether oxygens (including phenoxy) is 2. The number of urea groups is 1. The van der Waals surface area contributed by atoms with Gasteiger partial charge in [-0.2, -0.15) is 0 Å². The molecule has 1 aliphatic heterocycles. The fourth-order valence-corrected chi connectivity index (χ4v) is 2.41. The maximum absolute atomic E-state index is 11.9. The average Bonchev–Trinajstić information content (AvgIpc) is 3.05. The van der Waals surface area contributed by atoms with Crippen LogP contribution >= 0.6 is 0 Å². The van der Waals surface area contributed by atoms with Gasteiger partial charge < -0.3 is 24.7 Å². The van der Waals surface area contributed by atoms with Gasteiger partial charge in [-0.3, -0.25) is 0 Å². The van der Waals surface area contributed by atoms with Crippen molar-refractivity contribution in [3.05, 3.63) is 42.5 Å².